The first-order chi connectivity index (χ1) is 8.06. The normalized spacial score (nSPS) is 11.7. The topological polar surface area (TPSA) is 63.3 Å². The molecule has 0 saturated carbocycles. The summed E-state index contributed by atoms with van der Waals surface area (Å²) in [6, 6.07) is 0. The molecule has 0 amide bonds. The summed E-state index contributed by atoms with van der Waals surface area (Å²) in [6.45, 7) is 4.30. The molecule has 0 radical (unpaired) electrons. The Labute approximate surface area is 106 Å². The van der Waals surface area contributed by atoms with Gasteiger partial charge in [-0.25, -0.2) is 0 Å². The zero-order valence-corrected chi connectivity index (χ0v) is 11.5. The number of hydrogen-bond acceptors (Lipinski definition) is 2. The predicted molar refractivity (Wildman–Crippen MR) is 72.1 cm³/mol. The van der Waals surface area contributed by atoms with Crippen molar-refractivity contribution in [3.05, 3.63) is 0 Å². The highest BCUT2D eigenvalue weighted by Crippen LogP contribution is 2.21. The van der Waals surface area contributed by atoms with Crippen LogP contribution in [0.3, 0.4) is 0 Å². The second-order valence-electron chi connectivity index (χ2n) is 5.08. The number of carboxylic acid groups (broad SMARTS) is 1. The number of unbranched alkanes of at least 4 members (excludes halogenated alkanes) is 6. The Morgan fingerprint density at radius 1 is 0.941 bits per heavy atom. The molecule has 0 spiro atoms. The molecule has 0 aliphatic rings. The Balaban J connectivity index is 3.94. The molecular formula is C14H29NO2. The van der Waals surface area contributed by atoms with Gasteiger partial charge in [0.25, 0.3) is 0 Å². The van der Waals surface area contributed by atoms with Crippen molar-refractivity contribution in [3.8, 4) is 0 Å². The third kappa shape index (κ3) is 7.37. The lowest BCUT2D eigenvalue weighted by Crippen LogP contribution is -2.47. The zero-order valence-electron chi connectivity index (χ0n) is 11.5. The Bertz CT molecular complexity index is 192. The minimum absolute atomic E-state index is 0.620. The minimum atomic E-state index is -0.985. The van der Waals surface area contributed by atoms with Crippen LogP contribution in [0.1, 0.15) is 78.1 Å². The molecule has 0 aromatic heterocycles. The molecule has 0 atom stereocenters. The fraction of sp³-hybridized carbons (Fsp3) is 0.929. The van der Waals surface area contributed by atoms with Crippen molar-refractivity contribution < 1.29 is 9.90 Å². The Hall–Kier alpha value is -0.570. The molecule has 0 unspecified atom stereocenters. The van der Waals surface area contributed by atoms with Crippen molar-refractivity contribution >= 4 is 5.97 Å². The quantitative estimate of drug-likeness (QED) is 0.544. The van der Waals surface area contributed by atoms with Gasteiger partial charge in [-0.05, 0) is 12.8 Å². The molecule has 0 aliphatic carbocycles. The first-order valence-corrected chi connectivity index (χ1v) is 7.09. The molecule has 102 valence electrons. The molecule has 17 heavy (non-hydrogen) atoms. The predicted octanol–water partition coefficient (Wildman–Crippen LogP) is 3.71. The van der Waals surface area contributed by atoms with E-state index in [4.69, 9.17) is 5.73 Å². The first kappa shape index (κ1) is 16.4. The lowest BCUT2D eigenvalue weighted by atomic mass is 9.87. The highest BCUT2D eigenvalue weighted by molar-refractivity contribution is 5.78. The van der Waals surface area contributed by atoms with Crippen molar-refractivity contribution in [1.82, 2.24) is 0 Å². The van der Waals surface area contributed by atoms with Crippen molar-refractivity contribution in [2.75, 3.05) is 0 Å². The highest BCUT2D eigenvalue weighted by Gasteiger charge is 2.32. The molecule has 0 aliphatic heterocycles. The Morgan fingerprint density at radius 3 is 1.65 bits per heavy atom. The molecule has 0 heterocycles. The van der Waals surface area contributed by atoms with E-state index in [-0.39, 0.29) is 0 Å². The van der Waals surface area contributed by atoms with Crippen LogP contribution in [0.15, 0.2) is 0 Å². The smallest absolute Gasteiger partial charge is 0.323 e. The Kier molecular flexibility index (Phi) is 9.14. The summed E-state index contributed by atoms with van der Waals surface area (Å²) in [5.74, 6) is -0.828. The zero-order chi connectivity index (χ0) is 13.1. The number of rotatable bonds is 11. The van der Waals surface area contributed by atoms with E-state index in [1.807, 2.05) is 0 Å². The minimum Gasteiger partial charge on any atom is -0.480 e. The van der Waals surface area contributed by atoms with Crippen LogP contribution in [0, 0.1) is 0 Å². The summed E-state index contributed by atoms with van der Waals surface area (Å²) in [5.41, 5.74) is 5.02. The molecule has 0 saturated heterocycles. The molecule has 3 nitrogen and oxygen atoms in total. The first-order valence-electron chi connectivity index (χ1n) is 7.09. The van der Waals surface area contributed by atoms with E-state index in [0.717, 1.165) is 25.7 Å². The monoisotopic (exact) mass is 243 g/mol. The molecule has 0 fully saturated rings. The third-order valence-corrected chi connectivity index (χ3v) is 3.38. The number of nitrogens with two attached hydrogens (primary N) is 1. The van der Waals surface area contributed by atoms with Crippen LogP contribution < -0.4 is 5.73 Å². The van der Waals surface area contributed by atoms with E-state index in [1.54, 1.807) is 0 Å². The van der Waals surface area contributed by atoms with Gasteiger partial charge in [-0.1, -0.05) is 65.2 Å². The molecule has 0 rings (SSSR count). The maximum absolute atomic E-state index is 11.2. The number of carbonyl (C=O) groups is 1. The summed E-state index contributed by atoms with van der Waals surface area (Å²) in [5, 5.41) is 9.22. The van der Waals surface area contributed by atoms with E-state index in [2.05, 4.69) is 13.8 Å². The van der Waals surface area contributed by atoms with Crippen molar-refractivity contribution in [2.45, 2.75) is 83.6 Å². The molecule has 0 aromatic carbocycles. The average molecular weight is 243 g/mol. The van der Waals surface area contributed by atoms with Crippen LogP contribution >= 0.6 is 0 Å². The molecule has 3 heteroatoms. The number of carboxylic acids is 1. The van der Waals surface area contributed by atoms with E-state index < -0.39 is 11.5 Å². The fourth-order valence-electron chi connectivity index (χ4n) is 2.07. The van der Waals surface area contributed by atoms with Gasteiger partial charge in [-0.3, -0.25) is 4.79 Å². The van der Waals surface area contributed by atoms with Crippen molar-refractivity contribution in [2.24, 2.45) is 5.73 Å². The second kappa shape index (κ2) is 9.46. The van der Waals surface area contributed by atoms with Crippen LogP contribution in [0.5, 0.6) is 0 Å². The van der Waals surface area contributed by atoms with E-state index in [1.165, 1.54) is 25.7 Å². The van der Waals surface area contributed by atoms with Gasteiger partial charge in [0, 0.05) is 0 Å². The van der Waals surface area contributed by atoms with Gasteiger partial charge in [-0.15, -0.1) is 0 Å². The van der Waals surface area contributed by atoms with E-state index >= 15 is 0 Å². The van der Waals surface area contributed by atoms with E-state index in [0.29, 0.717) is 12.8 Å². The summed E-state index contributed by atoms with van der Waals surface area (Å²) in [4.78, 5) is 11.2. The Morgan fingerprint density at radius 2 is 1.35 bits per heavy atom. The second-order valence-corrected chi connectivity index (χ2v) is 5.08. The molecular weight excluding hydrogens is 214 g/mol. The van der Waals surface area contributed by atoms with Gasteiger partial charge >= 0.3 is 5.97 Å². The summed E-state index contributed by atoms with van der Waals surface area (Å²) >= 11 is 0. The van der Waals surface area contributed by atoms with E-state index in [9.17, 15) is 9.90 Å². The molecule has 3 N–H and O–H groups in total. The van der Waals surface area contributed by atoms with Gasteiger partial charge in [0.05, 0.1) is 0 Å². The van der Waals surface area contributed by atoms with Gasteiger partial charge in [0.1, 0.15) is 5.54 Å². The number of hydrogen-bond donors (Lipinski definition) is 2. The standard InChI is InChI=1S/C14H29NO2/c1-3-5-7-9-11-14(15,13(16)17)12-10-8-6-4-2/h3-12,15H2,1-2H3,(H,16,17). The third-order valence-electron chi connectivity index (χ3n) is 3.38. The van der Waals surface area contributed by atoms with Crippen LogP contribution in [-0.4, -0.2) is 16.6 Å². The van der Waals surface area contributed by atoms with Crippen LogP contribution in [-0.2, 0) is 4.79 Å². The summed E-state index contributed by atoms with van der Waals surface area (Å²) in [6.07, 6.45) is 9.98. The lowest BCUT2D eigenvalue weighted by Gasteiger charge is -2.24. The van der Waals surface area contributed by atoms with Crippen molar-refractivity contribution in [1.29, 1.82) is 0 Å². The highest BCUT2D eigenvalue weighted by atomic mass is 16.4. The maximum atomic E-state index is 11.2. The average Bonchev–Trinajstić information content (AvgIpc) is 2.30. The van der Waals surface area contributed by atoms with Crippen molar-refractivity contribution in [3.63, 3.8) is 0 Å². The largest absolute Gasteiger partial charge is 0.480 e. The summed E-state index contributed by atoms with van der Waals surface area (Å²) in [7, 11) is 0. The van der Waals surface area contributed by atoms with Gasteiger partial charge in [0.2, 0.25) is 0 Å². The SMILES string of the molecule is CCCCCCC(N)(CCCCCC)C(=O)O. The summed E-state index contributed by atoms with van der Waals surface area (Å²) < 4.78 is 0. The number of aliphatic carboxylic acids is 1. The van der Waals surface area contributed by atoms with Crippen LogP contribution in [0.4, 0.5) is 0 Å². The molecule has 0 bridgehead atoms. The maximum Gasteiger partial charge on any atom is 0.323 e. The van der Waals surface area contributed by atoms with Gasteiger partial charge in [0.15, 0.2) is 0 Å². The molecule has 0 aromatic rings. The van der Waals surface area contributed by atoms with Crippen LogP contribution in [0.25, 0.3) is 0 Å². The fourth-order valence-corrected chi connectivity index (χ4v) is 2.07. The van der Waals surface area contributed by atoms with Gasteiger partial charge in [-0.2, -0.15) is 0 Å². The van der Waals surface area contributed by atoms with Crippen LogP contribution in [0.2, 0.25) is 0 Å². The lowest BCUT2D eigenvalue weighted by molar-refractivity contribution is -0.144. The van der Waals surface area contributed by atoms with Gasteiger partial charge < -0.3 is 10.8 Å².